The summed E-state index contributed by atoms with van der Waals surface area (Å²) in [4.78, 5) is 14.3. The van der Waals surface area contributed by atoms with Crippen molar-refractivity contribution in [3.8, 4) is 0 Å². The number of hydrogen-bond donors (Lipinski definition) is 2. The molecule has 0 aliphatic carbocycles. The first-order valence-corrected chi connectivity index (χ1v) is 7.00. The molecule has 1 aromatic carbocycles. The van der Waals surface area contributed by atoms with Gasteiger partial charge in [0.25, 0.3) is 5.91 Å². The zero-order chi connectivity index (χ0) is 15.5. The summed E-state index contributed by atoms with van der Waals surface area (Å²) >= 11 is 0. The Morgan fingerprint density at radius 1 is 1.35 bits per heavy atom. The Hall–Kier alpha value is -1.71. The summed E-state index contributed by atoms with van der Waals surface area (Å²) in [6, 6.07) is 5.41. The molecule has 1 amide bonds. The molecule has 0 saturated carbocycles. The Balaban J connectivity index is 2.90. The van der Waals surface area contributed by atoms with Gasteiger partial charge in [-0.25, -0.2) is 0 Å². The smallest absolute Gasteiger partial charge is 0.253 e. The molecule has 0 spiro atoms. The average molecular weight is 277 g/mol. The van der Waals surface area contributed by atoms with Gasteiger partial charge in [0, 0.05) is 32.0 Å². The van der Waals surface area contributed by atoms with E-state index in [2.05, 4.69) is 33.0 Å². The normalized spacial score (nSPS) is 11.6. The van der Waals surface area contributed by atoms with Crippen molar-refractivity contribution in [1.29, 1.82) is 0 Å². The van der Waals surface area contributed by atoms with Gasteiger partial charge in [0.1, 0.15) is 0 Å². The molecule has 0 atom stereocenters. The summed E-state index contributed by atoms with van der Waals surface area (Å²) in [6.07, 6.45) is 0. The second kappa shape index (κ2) is 6.16. The van der Waals surface area contributed by atoms with Gasteiger partial charge < -0.3 is 16.0 Å². The fourth-order valence-corrected chi connectivity index (χ4v) is 1.73. The largest absolute Gasteiger partial charge is 0.399 e. The van der Waals surface area contributed by atoms with E-state index >= 15 is 0 Å². The minimum absolute atomic E-state index is 0.0638. The molecule has 0 aliphatic rings. The monoisotopic (exact) mass is 277 g/mol. The van der Waals surface area contributed by atoms with Crippen molar-refractivity contribution in [3.05, 3.63) is 23.8 Å². The highest BCUT2D eigenvalue weighted by Gasteiger charge is 2.24. The molecule has 112 valence electrons. The summed E-state index contributed by atoms with van der Waals surface area (Å²) < 4.78 is 0. The third kappa shape index (κ3) is 3.89. The molecule has 0 aliphatic heterocycles. The minimum atomic E-state index is -0.0743. The molecule has 3 N–H and O–H groups in total. The van der Waals surface area contributed by atoms with Gasteiger partial charge in [-0.15, -0.1) is 0 Å². The average Bonchev–Trinajstić information content (AvgIpc) is 2.35. The van der Waals surface area contributed by atoms with E-state index in [9.17, 15) is 4.79 Å². The molecule has 0 saturated heterocycles. The van der Waals surface area contributed by atoms with Gasteiger partial charge in [-0.2, -0.15) is 0 Å². The zero-order valence-corrected chi connectivity index (χ0v) is 13.4. The number of nitrogens with zero attached hydrogens (tertiary/aromatic N) is 1. The van der Waals surface area contributed by atoms with Crippen molar-refractivity contribution in [1.82, 2.24) is 5.32 Å². The Bertz CT molecular complexity index is 479. The lowest BCUT2D eigenvalue weighted by Gasteiger charge is -2.29. The Labute approximate surface area is 122 Å². The maximum atomic E-state index is 12.4. The number of amides is 1. The van der Waals surface area contributed by atoms with Crippen LogP contribution >= 0.6 is 0 Å². The van der Waals surface area contributed by atoms with Crippen LogP contribution in [0.5, 0.6) is 0 Å². The second-order valence-electron chi connectivity index (χ2n) is 6.50. The molecular formula is C16H27N3O. The summed E-state index contributed by atoms with van der Waals surface area (Å²) in [5, 5.41) is 3.02. The van der Waals surface area contributed by atoms with Gasteiger partial charge in [0.2, 0.25) is 0 Å². The number of rotatable bonds is 5. The lowest BCUT2D eigenvalue weighted by atomic mass is 9.81. The molecule has 0 radical (unpaired) electrons. The van der Waals surface area contributed by atoms with Crippen molar-refractivity contribution in [2.75, 3.05) is 31.3 Å². The Morgan fingerprint density at radius 2 is 1.95 bits per heavy atom. The first kappa shape index (κ1) is 16.3. The highest BCUT2D eigenvalue weighted by molar-refractivity contribution is 6.00. The van der Waals surface area contributed by atoms with E-state index in [1.165, 1.54) is 0 Å². The highest BCUT2D eigenvalue weighted by atomic mass is 16.1. The summed E-state index contributed by atoms with van der Waals surface area (Å²) in [5.41, 5.74) is 7.96. The molecule has 0 unspecified atom stereocenters. The van der Waals surface area contributed by atoms with Crippen LogP contribution in [0.2, 0.25) is 0 Å². The van der Waals surface area contributed by atoms with E-state index in [0.29, 0.717) is 23.7 Å². The molecule has 1 aromatic rings. The van der Waals surface area contributed by atoms with Gasteiger partial charge in [0.15, 0.2) is 0 Å². The third-order valence-electron chi connectivity index (χ3n) is 4.01. The number of carbonyl (C=O) groups excluding carboxylic acids is 1. The van der Waals surface area contributed by atoms with Crippen molar-refractivity contribution in [2.45, 2.75) is 27.7 Å². The predicted molar refractivity (Wildman–Crippen MR) is 86.1 cm³/mol. The van der Waals surface area contributed by atoms with Crippen LogP contribution in [-0.4, -0.2) is 26.5 Å². The van der Waals surface area contributed by atoms with E-state index < -0.39 is 0 Å². The fraction of sp³-hybridized carbons (Fsp3) is 0.562. The van der Waals surface area contributed by atoms with Crippen LogP contribution in [0.3, 0.4) is 0 Å². The zero-order valence-electron chi connectivity index (χ0n) is 13.4. The summed E-state index contributed by atoms with van der Waals surface area (Å²) in [7, 11) is 3.83. The molecule has 0 bridgehead atoms. The number of benzene rings is 1. The Kier molecular flexibility index (Phi) is 5.03. The van der Waals surface area contributed by atoms with Crippen molar-refractivity contribution < 1.29 is 4.79 Å². The maximum absolute atomic E-state index is 12.4. The van der Waals surface area contributed by atoms with E-state index in [1.54, 1.807) is 6.07 Å². The van der Waals surface area contributed by atoms with Crippen molar-refractivity contribution in [3.63, 3.8) is 0 Å². The van der Waals surface area contributed by atoms with Gasteiger partial charge in [-0.05, 0) is 29.5 Å². The SMILES string of the molecule is CC(C)C(C)(C)CNC(=O)c1cc(N)ccc1N(C)C. The fourth-order valence-electron chi connectivity index (χ4n) is 1.73. The number of carbonyl (C=O) groups is 1. The number of nitrogens with two attached hydrogens (primary N) is 1. The number of nitrogen functional groups attached to an aromatic ring is 1. The molecule has 1 rings (SSSR count). The van der Waals surface area contributed by atoms with Crippen LogP contribution in [0.1, 0.15) is 38.1 Å². The van der Waals surface area contributed by atoms with Crippen LogP contribution < -0.4 is 16.0 Å². The predicted octanol–water partition coefficient (Wildman–Crippen LogP) is 2.75. The van der Waals surface area contributed by atoms with Gasteiger partial charge in [-0.1, -0.05) is 27.7 Å². The number of anilines is 2. The van der Waals surface area contributed by atoms with Crippen molar-refractivity contribution in [2.24, 2.45) is 11.3 Å². The third-order valence-corrected chi connectivity index (χ3v) is 4.01. The van der Waals surface area contributed by atoms with Crippen LogP contribution in [0.25, 0.3) is 0 Å². The maximum Gasteiger partial charge on any atom is 0.253 e. The number of hydrogen-bond acceptors (Lipinski definition) is 3. The molecule has 0 aromatic heterocycles. The molecule has 0 fully saturated rings. The molecule has 20 heavy (non-hydrogen) atoms. The standard InChI is InChI=1S/C16H27N3O/c1-11(2)16(3,4)10-18-15(20)13-9-12(17)7-8-14(13)19(5)6/h7-9,11H,10,17H2,1-6H3,(H,18,20). The van der Waals surface area contributed by atoms with Gasteiger partial charge in [-0.3, -0.25) is 4.79 Å². The first-order chi connectivity index (χ1) is 9.15. The van der Waals surface area contributed by atoms with Gasteiger partial charge >= 0.3 is 0 Å². The Morgan fingerprint density at radius 3 is 2.45 bits per heavy atom. The summed E-state index contributed by atoms with van der Waals surface area (Å²) in [5.74, 6) is 0.423. The van der Waals surface area contributed by atoms with Crippen LogP contribution in [0.4, 0.5) is 11.4 Å². The van der Waals surface area contributed by atoms with Crippen molar-refractivity contribution >= 4 is 17.3 Å². The lowest BCUT2D eigenvalue weighted by Crippen LogP contribution is -2.37. The second-order valence-corrected chi connectivity index (χ2v) is 6.50. The van der Waals surface area contributed by atoms with E-state index in [0.717, 1.165) is 5.69 Å². The molecule has 4 nitrogen and oxygen atoms in total. The summed E-state index contributed by atoms with van der Waals surface area (Å²) in [6.45, 7) is 9.29. The quantitative estimate of drug-likeness (QED) is 0.814. The van der Waals surface area contributed by atoms with Crippen LogP contribution in [-0.2, 0) is 0 Å². The molecule has 0 heterocycles. The topological polar surface area (TPSA) is 58.4 Å². The van der Waals surface area contributed by atoms with E-state index in [4.69, 9.17) is 5.73 Å². The van der Waals surface area contributed by atoms with Gasteiger partial charge in [0.05, 0.1) is 5.56 Å². The van der Waals surface area contributed by atoms with Crippen LogP contribution in [0.15, 0.2) is 18.2 Å². The minimum Gasteiger partial charge on any atom is -0.399 e. The number of nitrogens with one attached hydrogen (secondary N) is 1. The molecular weight excluding hydrogens is 250 g/mol. The lowest BCUT2D eigenvalue weighted by molar-refractivity contribution is 0.0925. The first-order valence-electron chi connectivity index (χ1n) is 7.00. The van der Waals surface area contributed by atoms with Crippen LogP contribution in [0, 0.1) is 11.3 Å². The molecule has 4 heteroatoms. The van der Waals surface area contributed by atoms with E-state index in [-0.39, 0.29) is 11.3 Å². The highest BCUT2D eigenvalue weighted by Crippen LogP contribution is 2.26. The van der Waals surface area contributed by atoms with E-state index in [1.807, 2.05) is 31.1 Å².